The third-order valence-corrected chi connectivity index (χ3v) is 10.1. The Labute approximate surface area is 188 Å². The molecule has 1 fully saturated rings. The number of carbonyl (C=O) groups excluding carboxylic acids is 1. The molecule has 1 amide bonds. The average molecular weight is 480 g/mol. The Morgan fingerprint density at radius 1 is 1.17 bits per heavy atom. The molecule has 6 nitrogen and oxygen atoms in total. The fraction of sp³-hybridized carbons (Fsp3) is 0.300. The van der Waals surface area contributed by atoms with E-state index in [0.717, 1.165) is 32.6 Å². The normalized spacial score (nSPS) is 14.8. The van der Waals surface area contributed by atoms with Crippen molar-refractivity contribution in [3.63, 3.8) is 0 Å². The van der Waals surface area contributed by atoms with Gasteiger partial charge in [-0.15, -0.1) is 22.7 Å². The topological polar surface area (TPSA) is 79.4 Å². The predicted molar refractivity (Wildman–Crippen MR) is 122 cm³/mol. The zero-order valence-electron chi connectivity index (χ0n) is 16.3. The number of hydrogen-bond acceptors (Lipinski definition) is 7. The molecule has 1 aliphatic heterocycles. The molecule has 3 aromatic rings. The van der Waals surface area contributed by atoms with Gasteiger partial charge in [0.2, 0.25) is 5.91 Å². The summed E-state index contributed by atoms with van der Waals surface area (Å²) in [6.45, 7) is 3.12. The average Bonchev–Trinajstić information content (AvgIpc) is 3.46. The summed E-state index contributed by atoms with van der Waals surface area (Å²) in [7, 11) is -3.43. The summed E-state index contributed by atoms with van der Waals surface area (Å²) in [5.74, 6) is -0.169. The van der Waals surface area contributed by atoms with Gasteiger partial charge in [0.25, 0.3) is 10.0 Å². The molecule has 0 atom stereocenters. The van der Waals surface area contributed by atoms with E-state index in [-0.39, 0.29) is 12.3 Å². The zero-order valence-corrected chi connectivity index (χ0v) is 19.6. The van der Waals surface area contributed by atoms with Crippen molar-refractivity contribution in [2.24, 2.45) is 0 Å². The van der Waals surface area contributed by atoms with Crippen LogP contribution in [0.25, 0.3) is 0 Å². The van der Waals surface area contributed by atoms with E-state index in [4.69, 9.17) is 0 Å². The molecule has 0 aliphatic carbocycles. The number of nitrogens with zero attached hydrogens (tertiary/aromatic N) is 2. The van der Waals surface area contributed by atoms with Crippen molar-refractivity contribution in [3.8, 4) is 0 Å². The van der Waals surface area contributed by atoms with Crippen LogP contribution in [0.15, 0.2) is 55.2 Å². The fourth-order valence-electron chi connectivity index (χ4n) is 3.10. The monoisotopic (exact) mass is 479 g/mol. The number of aryl methyl sites for hydroxylation is 1. The van der Waals surface area contributed by atoms with E-state index in [1.165, 1.54) is 15.6 Å². The summed E-state index contributed by atoms with van der Waals surface area (Å²) in [5.41, 5.74) is 1.72. The molecule has 4 rings (SSSR count). The van der Waals surface area contributed by atoms with Crippen LogP contribution in [-0.2, 0) is 21.2 Å². The minimum Gasteiger partial charge on any atom is -0.326 e. The lowest BCUT2D eigenvalue weighted by molar-refractivity contribution is -0.115. The Kier molecular flexibility index (Phi) is 6.59. The number of benzene rings is 1. The number of sulfonamides is 1. The molecule has 30 heavy (non-hydrogen) atoms. The molecular formula is C20H21N3O3S4. The number of thiophene rings is 1. The molecule has 2 aromatic heterocycles. The molecule has 3 heterocycles. The number of aromatic nitrogens is 1. The fourth-order valence-corrected chi connectivity index (χ4v) is 7.93. The lowest BCUT2D eigenvalue weighted by Crippen LogP contribution is -2.27. The van der Waals surface area contributed by atoms with Crippen LogP contribution in [0.5, 0.6) is 0 Å². The Hall–Kier alpha value is -1.72. The maximum Gasteiger partial charge on any atom is 0.252 e. The van der Waals surface area contributed by atoms with Crippen LogP contribution >= 0.6 is 34.4 Å². The molecule has 0 unspecified atom stereocenters. The van der Waals surface area contributed by atoms with Gasteiger partial charge in [0, 0.05) is 39.6 Å². The molecule has 1 aromatic carbocycles. The zero-order chi connectivity index (χ0) is 21.1. The third kappa shape index (κ3) is 5.12. The van der Waals surface area contributed by atoms with Crippen molar-refractivity contribution >= 4 is 56.1 Å². The highest BCUT2D eigenvalue weighted by atomic mass is 32.2. The van der Waals surface area contributed by atoms with E-state index in [1.807, 2.05) is 36.6 Å². The molecule has 10 heteroatoms. The second-order valence-electron chi connectivity index (χ2n) is 6.94. The number of nitrogens with one attached hydrogen (secondary N) is 1. The van der Waals surface area contributed by atoms with E-state index >= 15 is 0 Å². The summed E-state index contributed by atoms with van der Waals surface area (Å²) >= 11 is 4.37. The van der Waals surface area contributed by atoms with Gasteiger partial charge >= 0.3 is 0 Å². The number of thiazole rings is 1. The molecule has 0 radical (unpaired) electrons. The smallest absolute Gasteiger partial charge is 0.252 e. The second kappa shape index (κ2) is 9.19. The minimum atomic E-state index is -3.43. The number of carbonyl (C=O) groups is 1. The quantitative estimate of drug-likeness (QED) is 0.534. The first-order valence-corrected chi connectivity index (χ1v) is 13.4. The minimum absolute atomic E-state index is 0.148. The SMILES string of the molecule is Cc1csc(Sc2ccc(NC(=O)Cc3ccc(S(=O)(=O)N4CCCC4)s3)cc2)n1. The lowest BCUT2D eigenvalue weighted by atomic mass is 10.3. The highest BCUT2D eigenvalue weighted by Crippen LogP contribution is 2.31. The summed E-state index contributed by atoms with van der Waals surface area (Å²) in [6.07, 6.45) is 1.95. The van der Waals surface area contributed by atoms with Gasteiger partial charge in [-0.3, -0.25) is 4.79 Å². The van der Waals surface area contributed by atoms with Crippen molar-refractivity contribution in [2.45, 2.75) is 39.6 Å². The summed E-state index contributed by atoms with van der Waals surface area (Å²) in [6, 6.07) is 10.9. The first kappa shape index (κ1) is 21.5. The molecule has 1 aliphatic rings. The van der Waals surface area contributed by atoms with Gasteiger partial charge in [0.15, 0.2) is 4.34 Å². The van der Waals surface area contributed by atoms with Crippen LogP contribution in [0, 0.1) is 6.92 Å². The maximum absolute atomic E-state index is 12.6. The van der Waals surface area contributed by atoms with Gasteiger partial charge in [-0.25, -0.2) is 13.4 Å². The van der Waals surface area contributed by atoms with Crippen LogP contribution in [0.2, 0.25) is 0 Å². The Balaban J connectivity index is 1.34. The van der Waals surface area contributed by atoms with Crippen molar-refractivity contribution in [3.05, 3.63) is 52.3 Å². The molecule has 0 saturated carbocycles. The van der Waals surface area contributed by atoms with E-state index in [9.17, 15) is 13.2 Å². The number of anilines is 1. The van der Waals surface area contributed by atoms with Gasteiger partial charge in [-0.2, -0.15) is 4.31 Å². The maximum atomic E-state index is 12.6. The molecular weight excluding hydrogens is 459 g/mol. The third-order valence-electron chi connectivity index (χ3n) is 4.57. The van der Waals surface area contributed by atoms with Crippen LogP contribution in [-0.4, -0.2) is 36.7 Å². The summed E-state index contributed by atoms with van der Waals surface area (Å²) in [5, 5.41) is 4.89. The van der Waals surface area contributed by atoms with Crippen molar-refractivity contribution in [2.75, 3.05) is 18.4 Å². The number of rotatable bonds is 7. The molecule has 1 saturated heterocycles. The van der Waals surface area contributed by atoms with Crippen LogP contribution in [0.4, 0.5) is 5.69 Å². The van der Waals surface area contributed by atoms with Gasteiger partial charge in [-0.1, -0.05) is 11.8 Å². The first-order valence-electron chi connectivity index (χ1n) is 9.49. The molecule has 0 spiro atoms. The molecule has 158 valence electrons. The predicted octanol–water partition coefficient (Wildman–Crippen LogP) is 4.63. The Morgan fingerprint density at radius 2 is 1.90 bits per heavy atom. The van der Waals surface area contributed by atoms with Crippen LogP contribution < -0.4 is 5.32 Å². The number of amides is 1. The van der Waals surface area contributed by atoms with Crippen molar-refractivity contribution in [1.29, 1.82) is 0 Å². The van der Waals surface area contributed by atoms with Crippen LogP contribution in [0.3, 0.4) is 0 Å². The van der Waals surface area contributed by atoms with E-state index in [2.05, 4.69) is 10.3 Å². The first-order chi connectivity index (χ1) is 14.4. The standard InChI is InChI=1S/C20H21N3O3S4/c1-14-13-27-20(21-14)29-16-6-4-15(5-7-16)22-18(24)12-17-8-9-19(28-17)30(25,26)23-10-2-3-11-23/h4-9,13H,2-3,10-12H2,1H3,(H,22,24). The van der Waals surface area contributed by atoms with Crippen molar-refractivity contribution in [1.82, 2.24) is 9.29 Å². The second-order valence-corrected chi connectivity index (χ2v) is 12.4. The molecule has 0 bridgehead atoms. The molecule has 1 N–H and O–H groups in total. The van der Waals surface area contributed by atoms with Gasteiger partial charge in [-0.05, 0) is 56.2 Å². The van der Waals surface area contributed by atoms with E-state index in [0.29, 0.717) is 23.0 Å². The van der Waals surface area contributed by atoms with Gasteiger partial charge in [0.05, 0.1) is 6.42 Å². The Bertz CT molecular complexity index is 1130. The van der Waals surface area contributed by atoms with E-state index < -0.39 is 10.0 Å². The van der Waals surface area contributed by atoms with E-state index in [1.54, 1.807) is 35.2 Å². The summed E-state index contributed by atoms with van der Waals surface area (Å²) in [4.78, 5) is 18.6. The Morgan fingerprint density at radius 3 is 2.57 bits per heavy atom. The number of hydrogen-bond donors (Lipinski definition) is 1. The highest BCUT2D eigenvalue weighted by Gasteiger charge is 2.28. The summed E-state index contributed by atoms with van der Waals surface area (Å²) < 4.78 is 28.1. The van der Waals surface area contributed by atoms with Gasteiger partial charge in [0.1, 0.15) is 4.21 Å². The van der Waals surface area contributed by atoms with Crippen molar-refractivity contribution < 1.29 is 13.2 Å². The largest absolute Gasteiger partial charge is 0.326 e. The highest BCUT2D eigenvalue weighted by molar-refractivity contribution is 8.01. The lowest BCUT2D eigenvalue weighted by Gasteiger charge is -2.13. The van der Waals surface area contributed by atoms with Crippen LogP contribution in [0.1, 0.15) is 23.4 Å². The van der Waals surface area contributed by atoms with Gasteiger partial charge < -0.3 is 5.32 Å².